The molecule has 78 heavy (non-hydrogen) atoms. The molecule has 4 aromatic rings. The summed E-state index contributed by atoms with van der Waals surface area (Å²) in [5, 5.41) is 11.8. The monoisotopic (exact) mass is 1070 g/mol. The molecule has 17 nitrogen and oxygen atoms in total. The number of nitrogens with one attached hydrogen (secondary N) is 4. The summed E-state index contributed by atoms with van der Waals surface area (Å²) in [6, 6.07) is 21.5. The van der Waals surface area contributed by atoms with Gasteiger partial charge in [-0.2, -0.15) is 0 Å². The van der Waals surface area contributed by atoms with E-state index >= 15 is 4.79 Å². The van der Waals surface area contributed by atoms with Crippen LogP contribution in [0.3, 0.4) is 0 Å². The van der Waals surface area contributed by atoms with Crippen molar-refractivity contribution < 1.29 is 42.8 Å². The predicted octanol–water partition coefficient (Wildman–Crippen LogP) is 5.78. The molecule has 6 bridgehead atoms. The predicted molar refractivity (Wildman–Crippen MR) is 302 cm³/mol. The maximum absolute atomic E-state index is 15.0. The number of benzene rings is 4. The molecule has 418 valence electrons. The van der Waals surface area contributed by atoms with E-state index in [1.807, 2.05) is 31.2 Å². The Morgan fingerprint density at radius 3 is 2.10 bits per heavy atom. The van der Waals surface area contributed by atoms with E-state index in [4.69, 9.17) is 36.0 Å². The molecule has 3 aliphatic carbocycles. The van der Waals surface area contributed by atoms with Crippen LogP contribution in [0.4, 0.5) is 0 Å². The molecule has 3 saturated carbocycles. The Balaban J connectivity index is 1.09. The number of hydrogen-bond donors (Lipinski definition) is 7. The molecular weight excluding hydrogens is 988 g/mol. The van der Waals surface area contributed by atoms with E-state index < -0.39 is 72.4 Å². The Bertz CT molecular complexity index is 2780. The van der Waals surface area contributed by atoms with Crippen LogP contribution in [0.25, 0.3) is 22.3 Å². The molecule has 4 fully saturated rings. The summed E-state index contributed by atoms with van der Waals surface area (Å²) in [7, 11) is 0.787. The van der Waals surface area contributed by atoms with E-state index in [-0.39, 0.29) is 50.7 Å². The van der Waals surface area contributed by atoms with Gasteiger partial charge in [0.05, 0.1) is 17.6 Å². The Hall–Kier alpha value is -6.31. The second kappa shape index (κ2) is 25.2. The Labute approximate surface area is 460 Å². The van der Waals surface area contributed by atoms with Gasteiger partial charge in [0.15, 0.2) is 0 Å². The third-order valence-corrected chi connectivity index (χ3v) is 16.8. The van der Waals surface area contributed by atoms with Gasteiger partial charge in [0.25, 0.3) is 5.91 Å². The summed E-state index contributed by atoms with van der Waals surface area (Å²) in [5.74, 6) is -1.68. The van der Waals surface area contributed by atoms with E-state index in [0.717, 1.165) is 43.2 Å². The highest BCUT2D eigenvalue weighted by Crippen LogP contribution is 2.65. The quantitative estimate of drug-likeness (QED) is 0.0388. The molecule has 0 aromatic heterocycles. The summed E-state index contributed by atoms with van der Waals surface area (Å²) in [5.41, 5.74) is 23.1. The van der Waals surface area contributed by atoms with Crippen molar-refractivity contribution in [3.8, 4) is 33.8 Å². The first-order valence-electron chi connectivity index (χ1n) is 28.0. The molecule has 5 amide bonds. The summed E-state index contributed by atoms with van der Waals surface area (Å²) < 4.78 is 25.7. The van der Waals surface area contributed by atoms with Crippen LogP contribution >= 0.6 is 0 Å². The van der Waals surface area contributed by atoms with Crippen LogP contribution in [0.15, 0.2) is 84.9 Å². The lowest BCUT2D eigenvalue weighted by atomic mass is 9.43. The molecule has 5 aliphatic rings. The van der Waals surface area contributed by atoms with Gasteiger partial charge in [0, 0.05) is 43.2 Å². The van der Waals surface area contributed by atoms with Gasteiger partial charge >= 0.3 is 7.12 Å². The molecule has 4 aromatic carbocycles. The Kier molecular flexibility index (Phi) is 18.7. The van der Waals surface area contributed by atoms with Crippen LogP contribution in [0.5, 0.6) is 11.5 Å². The average Bonchev–Trinajstić information content (AvgIpc) is 4.03. The number of carbonyl (C=O) groups excluding carboxylic acids is 5. The second-order valence-corrected chi connectivity index (χ2v) is 22.5. The zero-order valence-electron chi connectivity index (χ0n) is 46.5. The van der Waals surface area contributed by atoms with Gasteiger partial charge in [-0.1, -0.05) is 75.7 Å². The van der Waals surface area contributed by atoms with Crippen LogP contribution in [-0.4, -0.2) is 117 Å². The third-order valence-electron chi connectivity index (χ3n) is 16.8. The van der Waals surface area contributed by atoms with Gasteiger partial charge in [-0.05, 0) is 154 Å². The molecule has 18 heteroatoms. The average molecular weight is 1070 g/mol. The summed E-state index contributed by atoms with van der Waals surface area (Å²) >= 11 is 0. The number of nitrogens with two attached hydrogens (primary N) is 3. The minimum Gasteiger partial charge on any atom is -0.492 e. The van der Waals surface area contributed by atoms with Crippen molar-refractivity contribution in [3.63, 3.8) is 0 Å². The normalized spacial score (nSPS) is 24.0. The third kappa shape index (κ3) is 12.6. The number of rotatable bonds is 21. The molecule has 0 radical (unpaired) electrons. The lowest BCUT2D eigenvalue weighted by Crippen LogP contribution is -2.65. The van der Waals surface area contributed by atoms with Crippen molar-refractivity contribution in [1.29, 1.82) is 0 Å². The number of likely N-dealkylation sites (N-methyl/N-ethyl adjacent to an activating group) is 1. The number of hydrogen-bond acceptors (Lipinski definition) is 12. The van der Waals surface area contributed by atoms with E-state index in [2.05, 4.69) is 73.2 Å². The highest BCUT2D eigenvalue weighted by Gasteiger charge is 2.68. The molecule has 10 N–H and O–H groups in total. The molecular formula is C60H81BN8O9. The lowest BCUT2D eigenvalue weighted by molar-refractivity contribution is -0.199. The van der Waals surface area contributed by atoms with Crippen molar-refractivity contribution in [2.24, 2.45) is 34.5 Å². The number of aryl methyl sites for hydroxylation is 1. The van der Waals surface area contributed by atoms with E-state index in [1.165, 1.54) is 24.4 Å². The largest absolute Gasteiger partial charge is 0.492 e. The van der Waals surface area contributed by atoms with Crippen molar-refractivity contribution in [2.75, 3.05) is 39.9 Å². The first kappa shape index (κ1) is 57.9. The maximum Gasteiger partial charge on any atom is 0.481 e. The van der Waals surface area contributed by atoms with Gasteiger partial charge < -0.3 is 62.2 Å². The molecule has 0 spiro atoms. The first-order chi connectivity index (χ1) is 37.4. The Morgan fingerprint density at radius 1 is 0.808 bits per heavy atom. The zero-order valence-corrected chi connectivity index (χ0v) is 46.5. The van der Waals surface area contributed by atoms with Gasteiger partial charge in [0.1, 0.15) is 48.9 Å². The fourth-order valence-corrected chi connectivity index (χ4v) is 12.0. The fourth-order valence-electron chi connectivity index (χ4n) is 12.0. The highest BCUT2D eigenvalue weighted by atomic mass is 16.7. The number of amides is 5. The number of ether oxygens (including phenoxy) is 2. The zero-order chi connectivity index (χ0) is 55.9. The standard InChI is InChI=1S/C60H81BN8O9/c1-8-9-12-38-14-17-40(18-15-38)41-19-21-42(22-20-41)55(71)67-47(13-10-11-26-62)58(74)69(7)53-43-23-25-50(76-30-28-64)46(33-43)45-31-39(16-24-49(45)75-29-27-63)32-48(68-54(70)36(2)65-57(53)73)56(72)66-37(3)61-77-52-35-44-34-51(59(44,4)5)60(52,6)78-61/h14-25,31,33,36-37,44,47-48,51-53H,8-13,26-30,32,34-35,62-64H2,1-7H3,(H,65,73)(H,66,72)(H,67,71)(H,68,70)/t36-,37-,44-,47-,48-,51-,52+,53?,60-/m0/s1. The molecule has 2 aliphatic heterocycles. The number of fused-ring (bicyclic) bond motifs is 5. The number of carbonyl (C=O) groups is 5. The van der Waals surface area contributed by atoms with E-state index in [0.29, 0.717) is 70.5 Å². The summed E-state index contributed by atoms with van der Waals surface area (Å²) in [6.07, 6.45) is 6.51. The molecule has 2 heterocycles. The van der Waals surface area contributed by atoms with E-state index in [9.17, 15) is 19.2 Å². The van der Waals surface area contributed by atoms with Crippen molar-refractivity contribution in [2.45, 2.75) is 141 Å². The van der Waals surface area contributed by atoms with Crippen LogP contribution in [0.1, 0.15) is 120 Å². The van der Waals surface area contributed by atoms with Crippen molar-refractivity contribution >= 4 is 36.7 Å². The minimum absolute atomic E-state index is 0.0483. The van der Waals surface area contributed by atoms with Gasteiger partial charge in [-0.25, -0.2) is 0 Å². The maximum atomic E-state index is 15.0. The molecule has 9 atom stereocenters. The van der Waals surface area contributed by atoms with Crippen LogP contribution in [0, 0.1) is 17.3 Å². The van der Waals surface area contributed by atoms with Gasteiger partial charge in [0.2, 0.25) is 23.6 Å². The van der Waals surface area contributed by atoms with Crippen LogP contribution in [-0.2, 0) is 41.3 Å². The van der Waals surface area contributed by atoms with Crippen LogP contribution < -0.4 is 47.9 Å². The molecule has 9 rings (SSSR count). The SMILES string of the molecule is CCCCc1ccc(-c2ccc(C(=O)N[C@@H](CCCCN)C(=O)N(C)C3C(=O)N[C@@H](C)C(=O)N[C@H](C(=O)N[C@@H](C)B4O[C@@H]5C[C@@H]6C[C@@H](C6(C)C)[C@]5(C)O4)Cc4ccc(OCCN)c(c4)-c4cc3ccc4OCCN)cc2)cc1. The number of nitrogens with zero attached hydrogens (tertiary/aromatic N) is 1. The van der Waals surface area contributed by atoms with Gasteiger partial charge in [-0.3, -0.25) is 24.0 Å². The fraction of sp³-hybridized carbons (Fsp3) is 0.517. The summed E-state index contributed by atoms with van der Waals surface area (Å²) in [4.78, 5) is 74.4. The van der Waals surface area contributed by atoms with Crippen LogP contribution in [0.2, 0.25) is 0 Å². The highest BCUT2D eigenvalue weighted by molar-refractivity contribution is 6.47. The lowest BCUT2D eigenvalue weighted by Gasteiger charge is -2.64. The summed E-state index contributed by atoms with van der Waals surface area (Å²) in [6.45, 7) is 13.4. The van der Waals surface area contributed by atoms with Crippen molar-refractivity contribution in [3.05, 3.63) is 107 Å². The molecule has 1 saturated heterocycles. The Morgan fingerprint density at radius 2 is 1.46 bits per heavy atom. The minimum atomic E-state index is -1.36. The topological polar surface area (TPSA) is 252 Å². The molecule has 1 unspecified atom stereocenters. The smallest absolute Gasteiger partial charge is 0.481 e. The first-order valence-corrected chi connectivity index (χ1v) is 28.0. The second-order valence-electron chi connectivity index (χ2n) is 22.5. The van der Waals surface area contributed by atoms with E-state index in [1.54, 1.807) is 36.4 Å². The van der Waals surface area contributed by atoms with Crippen molar-refractivity contribution in [1.82, 2.24) is 26.2 Å². The van der Waals surface area contributed by atoms with Gasteiger partial charge in [-0.15, -0.1) is 0 Å². The number of unbranched alkanes of at least 4 members (excludes halogenated alkanes) is 2.